The average molecular weight is 387 g/mol. The van der Waals surface area contributed by atoms with E-state index in [-0.39, 0.29) is 11.4 Å². The second-order valence-electron chi connectivity index (χ2n) is 5.71. The van der Waals surface area contributed by atoms with Crippen molar-refractivity contribution < 1.29 is 17.7 Å². The van der Waals surface area contributed by atoms with E-state index in [1.165, 1.54) is 23.9 Å². The number of nitrogens with zero attached hydrogens (tertiary/aromatic N) is 3. The molecule has 2 aromatic heterocycles. The number of aromatic nitrogens is 3. The van der Waals surface area contributed by atoms with E-state index in [2.05, 4.69) is 15.1 Å². The Morgan fingerprint density at radius 2 is 1.85 bits per heavy atom. The molecule has 2 aromatic carbocycles. The Morgan fingerprint density at radius 3 is 2.70 bits per heavy atom. The lowest BCUT2D eigenvalue weighted by Crippen LogP contribution is -2.04. The fourth-order valence-electron chi connectivity index (χ4n) is 2.60. The van der Waals surface area contributed by atoms with E-state index in [0.29, 0.717) is 11.6 Å². The zero-order valence-electron chi connectivity index (χ0n) is 13.8. The Labute approximate surface area is 156 Å². The van der Waals surface area contributed by atoms with Crippen molar-refractivity contribution in [3.05, 3.63) is 72.2 Å². The summed E-state index contributed by atoms with van der Waals surface area (Å²) in [6.45, 7) is 0. The minimum absolute atomic E-state index is 0.135. The van der Waals surface area contributed by atoms with Crippen LogP contribution < -0.4 is 0 Å². The summed E-state index contributed by atoms with van der Waals surface area (Å²) in [5.74, 6) is 0.879. The standard InChI is InChI=1S/C19H12F3N3OS/c20-19(21,22)13-5-3-4-12(10-13)18-24-17(26-25-18)11-27-16-8-9-23-15-7-2-1-6-14(15)16/h1-10H,11H2. The maximum absolute atomic E-state index is 12.9. The Bertz CT molecular complexity index is 1090. The predicted molar refractivity (Wildman–Crippen MR) is 96.0 cm³/mol. The molecule has 0 atom stereocenters. The molecule has 0 aliphatic carbocycles. The molecular formula is C19H12F3N3OS. The second kappa shape index (κ2) is 7.03. The zero-order valence-corrected chi connectivity index (χ0v) is 14.6. The molecule has 2 heterocycles. The van der Waals surface area contributed by atoms with Crippen LogP contribution in [0.1, 0.15) is 11.5 Å². The van der Waals surface area contributed by atoms with Crippen LogP contribution in [0, 0.1) is 0 Å². The van der Waals surface area contributed by atoms with Gasteiger partial charge in [0.25, 0.3) is 0 Å². The van der Waals surface area contributed by atoms with Gasteiger partial charge in [0.05, 0.1) is 16.8 Å². The maximum atomic E-state index is 12.9. The van der Waals surface area contributed by atoms with Crippen molar-refractivity contribution in [2.24, 2.45) is 0 Å². The summed E-state index contributed by atoms with van der Waals surface area (Å²) in [4.78, 5) is 9.54. The van der Waals surface area contributed by atoms with E-state index in [9.17, 15) is 13.2 Å². The number of halogens is 3. The minimum atomic E-state index is -4.42. The third-order valence-electron chi connectivity index (χ3n) is 3.88. The summed E-state index contributed by atoms with van der Waals surface area (Å²) in [6.07, 6.45) is -2.69. The van der Waals surface area contributed by atoms with Crippen LogP contribution in [-0.4, -0.2) is 15.1 Å². The van der Waals surface area contributed by atoms with E-state index < -0.39 is 11.7 Å². The Morgan fingerprint density at radius 1 is 1.00 bits per heavy atom. The predicted octanol–water partition coefficient (Wildman–Crippen LogP) is 5.60. The van der Waals surface area contributed by atoms with Crippen LogP contribution in [0.2, 0.25) is 0 Å². The summed E-state index contributed by atoms with van der Waals surface area (Å²) >= 11 is 1.50. The number of pyridine rings is 1. The summed E-state index contributed by atoms with van der Waals surface area (Å²) < 4.78 is 43.8. The van der Waals surface area contributed by atoms with Crippen molar-refractivity contribution in [1.82, 2.24) is 15.1 Å². The molecule has 8 heteroatoms. The number of hydrogen-bond donors (Lipinski definition) is 0. The van der Waals surface area contributed by atoms with Crippen molar-refractivity contribution in [3.8, 4) is 11.4 Å². The molecular weight excluding hydrogens is 375 g/mol. The number of benzene rings is 2. The van der Waals surface area contributed by atoms with E-state index in [0.717, 1.165) is 27.9 Å². The average Bonchev–Trinajstić information content (AvgIpc) is 3.15. The first-order chi connectivity index (χ1) is 13.0. The SMILES string of the molecule is FC(F)(F)c1cccc(-c2noc(CSc3ccnc4ccccc34)n2)c1. The van der Waals surface area contributed by atoms with Gasteiger partial charge in [-0.05, 0) is 24.3 Å². The smallest absolute Gasteiger partial charge is 0.338 e. The van der Waals surface area contributed by atoms with Crippen molar-refractivity contribution >= 4 is 22.7 Å². The third kappa shape index (κ3) is 3.80. The first-order valence-electron chi connectivity index (χ1n) is 7.97. The monoisotopic (exact) mass is 387 g/mol. The van der Waals surface area contributed by atoms with Crippen molar-refractivity contribution in [2.45, 2.75) is 16.8 Å². The fourth-order valence-corrected chi connectivity index (χ4v) is 3.48. The minimum Gasteiger partial charge on any atom is -0.338 e. The van der Waals surface area contributed by atoms with Crippen LogP contribution >= 0.6 is 11.8 Å². The lowest BCUT2D eigenvalue weighted by molar-refractivity contribution is -0.137. The molecule has 0 N–H and O–H groups in total. The molecule has 0 unspecified atom stereocenters. The van der Waals surface area contributed by atoms with Gasteiger partial charge in [-0.25, -0.2) is 0 Å². The highest BCUT2D eigenvalue weighted by molar-refractivity contribution is 7.98. The van der Waals surface area contributed by atoms with Crippen LogP contribution in [0.25, 0.3) is 22.3 Å². The highest BCUT2D eigenvalue weighted by Gasteiger charge is 2.30. The van der Waals surface area contributed by atoms with Gasteiger partial charge in [0.1, 0.15) is 0 Å². The molecule has 27 heavy (non-hydrogen) atoms. The molecule has 0 saturated carbocycles. The topological polar surface area (TPSA) is 51.8 Å². The van der Waals surface area contributed by atoms with Crippen LogP contribution in [-0.2, 0) is 11.9 Å². The number of thioether (sulfide) groups is 1. The summed E-state index contributed by atoms with van der Waals surface area (Å²) in [5.41, 5.74) is 0.404. The fraction of sp³-hybridized carbons (Fsp3) is 0.105. The van der Waals surface area contributed by atoms with E-state index in [1.807, 2.05) is 30.3 Å². The molecule has 0 aliphatic rings. The number of rotatable bonds is 4. The molecule has 0 bridgehead atoms. The number of para-hydroxylation sites is 1. The third-order valence-corrected chi connectivity index (χ3v) is 4.93. The van der Waals surface area contributed by atoms with E-state index in [1.54, 1.807) is 6.20 Å². The molecule has 4 nitrogen and oxygen atoms in total. The van der Waals surface area contributed by atoms with Crippen LogP contribution in [0.4, 0.5) is 13.2 Å². The number of hydrogen-bond acceptors (Lipinski definition) is 5. The van der Waals surface area contributed by atoms with Gasteiger partial charge >= 0.3 is 6.18 Å². The number of fused-ring (bicyclic) bond motifs is 1. The van der Waals surface area contributed by atoms with Crippen LogP contribution in [0.3, 0.4) is 0 Å². The normalized spacial score (nSPS) is 11.8. The molecule has 4 aromatic rings. The highest BCUT2D eigenvalue weighted by atomic mass is 32.2. The Kier molecular flexibility index (Phi) is 4.57. The second-order valence-corrected chi connectivity index (χ2v) is 6.72. The molecule has 0 saturated heterocycles. The van der Waals surface area contributed by atoms with Gasteiger partial charge in [0, 0.05) is 22.0 Å². The van der Waals surface area contributed by atoms with Gasteiger partial charge < -0.3 is 4.52 Å². The van der Waals surface area contributed by atoms with Gasteiger partial charge in [-0.3, -0.25) is 4.98 Å². The van der Waals surface area contributed by atoms with Gasteiger partial charge in [-0.1, -0.05) is 35.5 Å². The van der Waals surface area contributed by atoms with Crippen molar-refractivity contribution in [1.29, 1.82) is 0 Å². The molecule has 0 fully saturated rings. The lowest BCUT2D eigenvalue weighted by Gasteiger charge is -2.06. The molecule has 0 radical (unpaired) electrons. The van der Waals surface area contributed by atoms with E-state index in [4.69, 9.17) is 4.52 Å². The van der Waals surface area contributed by atoms with E-state index >= 15 is 0 Å². The molecule has 4 rings (SSSR count). The van der Waals surface area contributed by atoms with Crippen molar-refractivity contribution in [2.75, 3.05) is 0 Å². The van der Waals surface area contributed by atoms with Gasteiger partial charge in [-0.15, -0.1) is 11.8 Å². The van der Waals surface area contributed by atoms with Gasteiger partial charge in [0.2, 0.25) is 11.7 Å². The van der Waals surface area contributed by atoms with Crippen molar-refractivity contribution in [3.63, 3.8) is 0 Å². The highest BCUT2D eigenvalue weighted by Crippen LogP contribution is 2.32. The molecule has 136 valence electrons. The van der Waals surface area contributed by atoms with Crippen LogP contribution in [0.5, 0.6) is 0 Å². The van der Waals surface area contributed by atoms with Gasteiger partial charge in [-0.2, -0.15) is 18.2 Å². The maximum Gasteiger partial charge on any atom is 0.416 e. The molecule has 0 aliphatic heterocycles. The molecule has 0 amide bonds. The lowest BCUT2D eigenvalue weighted by atomic mass is 10.1. The summed E-state index contributed by atoms with van der Waals surface area (Å²) in [7, 11) is 0. The number of alkyl halides is 3. The van der Waals surface area contributed by atoms with Gasteiger partial charge in [0.15, 0.2) is 0 Å². The first kappa shape index (κ1) is 17.5. The first-order valence-corrected chi connectivity index (χ1v) is 8.96. The Balaban J connectivity index is 1.53. The molecule has 0 spiro atoms. The largest absolute Gasteiger partial charge is 0.416 e. The summed E-state index contributed by atoms with van der Waals surface area (Å²) in [6, 6.07) is 14.5. The quantitative estimate of drug-likeness (QED) is 0.427. The Hall–Kier alpha value is -2.87. The zero-order chi connectivity index (χ0) is 18.9. The van der Waals surface area contributed by atoms with Crippen LogP contribution in [0.15, 0.2) is 70.2 Å². The summed E-state index contributed by atoms with van der Waals surface area (Å²) in [5, 5.41) is 4.82.